The molecule has 0 saturated heterocycles. The molecule has 0 bridgehead atoms. The van der Waals surface area contributed by atoms with Crippen LogP contribution in [0.3, 0.4) is 0 Å². The van der Waals surface area contributed by atoms with Gasteiger partial charge in [-0.2, -0.15) is 0 Å². The van der Waals surface area contributed by atoms with Crippen molar-refractivity contribution < 1.29 is 4.79 Å². The Balaban J connectivity index is 0.00000264. The van der Waals surface area contributed by atoms with E-state index in [9.17, 15) is 4.79 Å². The van der Waals surface area contributed by atoms with Gasteiger partial charge in [-0.1, -0.05) is 51.5 Å². The molecule has 1 amide bonds. The van der Waals surface area contributed by atoms with Gasteiger partial charge in [-0.05, 0) is 36.4 Å². The van der Waals surface area contributed by atoms with E-state index >= 15 is 0 Å². The summed E-state index contributed by atoms with van der Waals surface area (Å²) in [5.74, 6) is 0.145. The number of carbonyl (C=O) groups excluding carboxylic acids is 1. The van der Waals surface area contributed by atoms with Gasteiger partial charge in [-0.15, -0.1) is 12.4 Å². The normalized spacial score (nSPS) is 16.2. The molecule has 130 valence electrons. The number of amides is 1. The van der Waals surface area contributed by atoms with Gasteiger partial charge in [-0.3, -0.25) is 4.79 Å². The molecule has 0 atom stereocenters. The predicted molar refractivity (Wildman–Crippen MR) is 99.5 cm³/mol. The van der Waals surface area contributed by atoms with Gasteiger partial charge in [0.15, 0.2) is 0 Å². The molecule has 1 saturated carbocycles. The van der Waals surface area contributed by atoms with E-state index in [1.165, 1.54) is 30.4 Å². The Kier molecular flexibility index (Phi) is 7.09. The molecule has 1 aliphatic carbocycles. The summed E-state index contributed by atoms with van der Waals surface area (Å²) in [5.41, 5.74) is 3.09. The van der Waals surface area contributed by atoms with Crippen molar-refractivity contribution in [3.63, 3.8) is 0 Å². The van der Waals surface area contributed by atoms with Crippen molar-refractivity contribution in [3.05, 3.63) is 35.4 Å². The van der Waals surface area contributed by atoms with Crippen molar-refractivity contribution in [2.45, 2.75) is 57.3 Å². The van der Waals surface area contributed by atoms with Crippen LogP contribution in [0.2, 0.25) is 0 Å². The molecule has 4 heteroatoms. The van der Waals surface area contributed by atoms with Crippen LogP contribution in [0.25, 0.3) is 0 Å². The first-order chi connectivity index (χ1) is 10.4. The van der Waals surface area contributed by atoms with E-state index in [2.05, 4.69) is 55.7 Å². The second kappa shape index (κ2) is 8.16. The van der Waals surface area contributed by atoms with Crippen LogP contribution in [0, 0.1) is 0 Å². The summed E-state index contributed by atoms with van der Waals surface area (Å²) >= 11 is 0. The summed E-state index contributed by atoms with van der Waals surface area (Å²) in [6, 6.07) is 9.02. The molecule has 3 nitrogen and oxygen atoms in total. The van der Waals surface area contributed by atoms with E-state index in [1.54, 1.807) is 0 Å². The summed E-state index contributed by atoms with van der Waals surface area (Å²) in [4.78, 5) is 11.9. The fourth-order valence-corrected chi connectivity index (χ4v) is 3.09. The highest BCUT2D eigenvalue weighted by molar-refractivity contribution is 5.85. The van der Waals surface area contributed by atoms with Crippen LogP contribution in [0.15, 0.2) is 24.3 Å². The Hall–Kier alpha value is -1.06. The number of nitrogens with one attached hydrogen (secondary N) is 2. The first-order valence-electron chi connectivity index (χ1n) is 8.40. The van der Waals surface area contributed by atoms with Crippen LogP contribution >= 0.6 is 12.4 Å². The number of hydrogen-bond donors (Lipinski definition) is 2. The lowest BCUT2D eigenvalue weighted by Crippen LogP contribution is -2.45. The van der Waals surface area contributed by atoms with E-state index in [0.717, 1.165) is 13.1 Å². The van der Waals surface area contributed by atoms with Gasteiger partial charge < -0.3 is 10.6 Å². The first-order valence-corrected chi connectivity index (χ1v) is 8.40. The van der Waals surface area contributed by atoms with E-state index in [0.29, 0.717) is 6.42 Å². The smallest absolute Gasteiger partial charge is 0.221 e. The molecule has 0 unspecified atom stereocenters. The van der Waals surface area contributed by atoms with Crippen LogP contribution in [-0.4, -0.2) is 26.0 Å². The Morgan fingerprint density at radius 3 is 2.22 bits per heavy atom. The van der Waals surface area contributed by atoms with Crippen LogP contribution in [0.4, 0.5) is 0 Å². The molecule has 0 aromatic heterocycles. The van der Waals surface area contributed by atoms with Gasteiger partial charge >= 0.3 is 0 Å². The van der Waals surface area contributed by atoms with Gasteiger partial charge in [0.1, 0.15) is 0 Å². The van der Waals surface area contributed by atoms with Gasteiger partial charge in [-0.25, -0.2) is 0 Å². The highest BCUT2D eigenvalue weighted by Gasteiger charge is 2.38. The molecular formula is C19H31ClN2O. The molecule has 1 fully saturated rings. The highest BCUT2D eigenvalue weighted by Crippen LogP contribution is 2.43. The third-order valence-corrected chi connectivity index (χ3v) is 4.90. The molecule has 0 spiro atoms. The van der Waals surface area contributed by atoms with Gasteiger partial charge in [0.25, 0.3) is 0 Å². The third-order valence-electron chi connectivity index (χ3n) is 4.90. The van der Waals surface area contributed by atoms with Gasteiger partial charge in [0, 0.05) is 24.9 Å². The van der Waals surface area contributed by atoms with E-state index in [1.807, 2.05) is 7.05 Å². The predicted octanol–water partition coefficient (Wildman–Crippen LogP) is 3.55. The SMILES string of the molecule is CNCCC(=O)NCC1(c2ccc(C(C)(C)C)cc2)CCC1.Cl. The van der Waals surface area contributed by atoms with E-state index in [-0.39, 0.29) is 29.1 Å². The lowest BCUT2D eigenvalue weighted by atomic mass is 9.64. The summed E-state index contributed by atoms with van der Waals surface area (Å²) in [6.07, 6.45) is 4.16. The second-order valence-corrected chi connectivity index (χ2v) is 7.59. The minimum Gasteiger partial charge on any atom is -0.355 e. The van der Waals surface area contributed by atoms with Crippen molar-refractivity contribution in [1.82, 2.24) is 10.6 Å². The molecule has 0 aliphatic heterocycles. The summed E-state index contributed by atoms with van der Waals surface area (Å²) in [7, 11) is 1.87. The zero-order valence-corrected chi connectivity index (χ0v) is 15.7. The third kappa shape index (κ3) is 4.95. The van der Waals surface area contributed by atoms with E-state index in [4.69, 9.17) is 0 Å². The van der Waals surface area contributed by atoms with Crippen molar-refractivity contribution in [1.29, 1.82) is 0 Å². The van der Waals surface area contributed by atoms with E-state index < -0.39 is 0 Å². The summed E-state index contributed by atoms with van der Waals surface area (Å²) in [6.45, 7) is 8.22. The molecule has 2 N–H and O–H groups in total. The average molecular weight is 339 g/mol. The van der Waals surface area contributed by atoms with Gasteiger partial charge in [0.05, 0.1) is 0 Å². The molecule has 2 rings (SSSR count). The largest absolute Gasteiger partial charge is 0.355 e. The Morgan fingerprint density at radius 1 is 1.17 bits per heavy atom. The van der Waals surface area contributed by atoms with Crippen LogP contribution < -0.4 is 10.6 Å². The minimum atomic E-state index is 0. The quantitative estimate of drug-likeness (QED) is 0.832. The number of carbonyl (C=O) groups is 1. The number of benzene rings is 1. The standard InChI is InChI=1S/C19H30N2O.ClH/c1-18(2,3)15-6-8-16(9-7-15)19(11-5-12-19)14-21-17(22)10-13-20-4;/h6-9,20H,5,10-14H2,1-4H3,(H,21,22);1H. The Bertz CT molecular complexity index is 501. The lowest BCUT2D eigenvalue weighted by Gasteiger charge is -2.43. The molecule has 23 heavy (non-hydrogen) atoms. The molecule has 0 heterocycles. The molecule has 0 radical (unpaired) electrons. The molecule has 1 aromatic carbocycles. The van der Waals surface area contributed by atoms with Crippen molar-refractivity contribution >= 4 is 18.3 Å². The number of hydrogen-bond acceptors (Lipinski definition) is 2. The number of rotatable bonds is 6. The van der Waals surface area contributed by atoms with Crippen LogP contribution in [0.1, 0.15) is 57.6 Å². The van der Waals surface area contributed by atoms with Crippen LogP contribution in [-0.2, 0) is 15.6 Å². The van der Waals surface area contributed by atoms with Gasteiger partial charge in [0.2, 0.25) is 5.91 Å². The minimum absolute atomic E-state index is 0. The molecule has 1 aliphatic rings. The molecule has 1 aromatic rings. The zero-order chi connectivity index (χ0) is 16.2. The zero-order valence-electron chi connectivity index (χ0n) is 14.9. The summed E-state index contributed by atoms with van der Waals surface area (Å²) < 4.78 is 0. The fourth-order valence-electron chi connectivity index (χ4n) is 3.09. The van der Waals surface area contributed by atoms with Crippen LogP contribution in [0.5, 0.6) is 0 Å². The van der Waals surface area contributed by atoms with Crippen molar-refractivity contribution in [3.8, 4) is 0 Å². The molecular weight excluding hydrogens is 308 g/mol. The first kappa shape index (κ1) is 20.0. The Labute approximate surface area is 147 Å². The highest BCUT2D eigenvalue weighted by atomic mass is 35.5. The maximum atomic E-state index is 11.9. The second-order valence-electron chi connectivity index (χ2n) is 7.59. The van der Waals surface area contributed by atoms with Crippen molar-refractivity contribution in [2.24, 2.45) is 0 Å². The Morgan fingerprint density at radius 2 is 1.78 bits per heavy atom. The fraction of sp³-hybridized carbons (Fsp3) is 0.632. The maximum Gasteiger partial charge on any atom is 0.221 e. The summed E-state index contributed by atoms with van der Waals surface area (Å²) in [5, 5.41) is 6.14. The maximum absolute atomic E-state index is 11.9. The van der Waals surface area contributed by atoms with Crippen molar-refractivity contribution in [2.75, 3.05) is 20.1 Å². The number of halogens is 1. The topological polar surface area (TPSA) is 41.1 Å². The lowest BCUT2D eigenvalue weighted by molar-refractivity contribution is -0.121. The average Bonchev–Trinajstić information content (AvgIpc) is 2.43. The monoisotopic (exact) mass is 338 g/mol.